The molecule has 3 rings (SSSR count). The largest absolute Gasteiger partial charge is 0.465 e. The minimum Gasteiger partial charge on any atom is -0.465 e. The van der Waals surface area contributed by atoms with Gasteiger partial charge < -0.3 is 10.1 Å². The number of carbonyl (C=O) groups is 1. The molecule has 0 bridgehead atoms. The van der Waals surface area contributed by atoms with E-state index in [0.717, 1.165) is 16.5 Å². The van der Waals surface area contributed by atoms with Gasteiger partial charge in [0.05, 0.1) is 35.4 Å². The molecule has 1 heterocycles. The van der Waals surface area contributed by atoms with Crippen molar-refractivity contribution in [1.29, 1.82) is 0 Å². The van der Waals surface area contributed by atoms with Crippen LogP contribution in [0.1, 0.15) is 21.6 Å². The van der Waals surface area contributed by atoms with Crippen LogP contribution in [-0.2, 0) is 11.3 Å². The molecule has 0 spiro atoms. The van der Waals surface area contributed by atoms with Gasteiger partial charge >= 0.3 is 5.97 Å². The number of rotatable bonds is 5. The maximum atomic E-state index is 12.3. The first-order valence-electron chi connectivity index (χ1n) is 7.96. The number of ether oxygens (including phenoxy) is 1. The Bertz CT molecular complexity index is 1000. The third kappa shape index (κ3) is 3.32. The molecule has 0 aliphatic heterocycles. The predicted molar refractivity (Wildman–Crippen MR) is 98.2 cm³/mol. The molecule has 0 amide bonds. The van der Waals surface area contributed by atoms with E-state index in [1.165, 1.54) is 19.2 Å². The summed E-state index contributed by atoms with van der Waals surface area (Å²) in [5.41, 5.74) is 3.06. The number of aryl methyl sites for hydroxylation is 1. The van der Waals surface area contributed by atoms with Crippen molar-refractivity contribution in [3.05, 3.63) is 75.5 Å². The number of carbonyl (C=O) groups excluding carboxylic acids is 1. The van der Waals surface area contributed by atoms with Crippen LogP contribution in [0.5, 0.6) is 0 Å². The number of nitrogens with one attached hydrogen (secondary N) is 1. The van der Waals surface area contributed by atoms with Crippen molar-refractivity contribution in [2.45, 2.75) is 13.5 Å². The molecule has 0 saturated heterocycles. The summed E-state index contributed by atoms with van der Waals surface area (Å²) in [6, 6.07) is 13.7. The van der Waals surface area contributed by atoms with E-state index in [2.05, 4.69) is 10.3 Å². The molecule has 3 aromatic rings. The van der Waals surface area contributed by atoms with Crippen LogP contribution in [0.25, 0.3) is 10.9 Å². The highest BCUT2D eigenvalue weighted by atomic mass is 16.6. The molecule has 2 aromatic carbocycles. The Kier molecular flexibility index (Phi) is 4.79. The summed E-state index contributed by atoms with van der Waals surface area (Å²) in [6.07, 6.45) is 0. The fraction of sp³-hybridized carbons (Fsp3) is 0.158. The molecule has 0 radical (unpaired) electrons. The highest BCUT2D eigenvalue weighted by Gasteiger charge is 2.19. The summed E-state index contributed by atoms with van der Waals surface area (Å²) in [5.74, 6) is -0.461. The monoisotopic (exact) mass is 351 g/mol. The highest BCUT2D eigenvalue weighted by Crippen LogP contribution is 2.25. The van der Waals surface area contributed by atoms with Gasteiger partial charge in [0.25, 0.3) is 5.69 Å². The van der Waals surface area contributed by atoms with Crippen molar-refractivity contribution in [3.63, 3.8) is 0 Å². The van der Waals surface area contributed by atoms with Crippen molar-refractivity contribution >= 4 is 28.2 Å². The third-order valence-corrected chi connectivity index (χ3v) is 4.13. The average Bonchev–Trinajstić information content (AvgIpc) is 2.66. The summed E-state index contributed by atoms with van der Waals surface area (Å²) >= 11 is 0. The number of non-ortho nitro benzene ring substituents is 1. The second kappa shape index (κ2) is 7.18. The van der Waals surface area contributed by atoms with Crippen LogP contribution in [0.2, 0.25) is 0 Å². The van der Waals surface area contributed by atoms with Crippen LogP contribution < -0.4 is 5.32 Å². The van der Waals surface area contributed by atoms with Gasteiger partial charge in [0.2, 0.25) is 0 Å². The Hall–Kier alpha value is -3.48. The fourth-order valence-electron chi connectivity index (χ4n) is 2.86. The van der Waals surface area contributed by atoms with Gasteiger partial charge in [-0.1, -0.05) is 24.3 Å². The second-order valence-corrected chi connectivity index (χ2v) is 5.73. The number of hydrogen-bond acceptors (Lipinski definition) is 6. The van der Waals surface area contributed by atoms with E-state index in [-0.39, 0.29) is 12.2 Å². The van der Waals surface area contributed by atoms with E-state index in [9.17, 15) is 14.9 Å². The lowest BCUT2D eigenvalue weighted by molar-refractivity contribution is -0.384. The number of fused-ring (bicyclic) bond motifs is 1. The Morgan fingerprint density at radius 2 is 2.00 bits per heavy atom. The first-order valence-corrected chi connectivity index (χ1v) is 7.96. The van der Waals surface area contributed by atoms with Gasteiger partial charge in [0.15, 0.2) is 0 Å². The predicted octanol–water partition coefficient (Wildman–Crippen LogP) is 3.85. The summed E-state index contributed by atoms with van der Waals surface area (Å²) < 4.78 is 4.91. The molecule has 0 aliphatic rings. The lowest BCUT2D eigenvalue weighted by Crippen LogP contribution is -2.14. The minimum absolute atomic E-state index is 0.00848. The number of aromatic nitrogens is 1. The smallest absolute Gasteiger partial charge is 0.340 e. The van der Waals surface area contributed by atoms with Gasteiger partial charge in [-0.25, -0.2) is 4.79 Å². The van der Waals surface area contributed by atoms with Gasteiger partial charge in [-0.15, -0.1) is 0 Å². The van der Waals surface area contributed by atoms with Gasteiger partial charge in [-0.2, -0.15) is 0 Å². The topological polar surface area (TPSA) is 94.4 Å². The number of pyridine rings is 1. The SMILES string of the molecule is COC(=O)c1c(CNc2cccc([N+](=O)[O-])c2)nc2ccccc2c1C. The molecule has 26 heavy (non-hydrogen) atoms. The van der Waals surface area contributed by atoms with Crippen LogP contribution in [0.3, 0.4) is 0 Å². The van der Waals surface area contributed by atoms with E-state index in [4.69, 9.17) is 4.74 Å². The molecule has 7 nitrogen and oxygen atoms in total. The van der Waals surface area contributed by atoms with Crippen molar-refractivity contribution in [2.75, 3.05) is 12.4 Å². The molecule has 1 aromatic heterocycles. The number of para-hydroxylation sites is 1. The van der Waals surface area contributed by atoms with E-state index >= 15 is 0 Å². The first-order chi connectivity index (χ1) is 12.5. The minimum atomic E-state index is -0.461. The van der Waals surface area contributed by atoms with Crippen molar-refractivity contribution in [3.8, 4) is 0 Å². The summed E-state index contributed by atoms with van der Waals surface area (Å²) in [7, 11) is 1.33. The van der Waals surface area contributed by atoms with Crippen LogP contribution in [0.4, 0.5) is 11.4 Å². The zero-order valence-electron chi connectivity index (χ0n) is 14.4. The van der Waals surface area contributed by atoms with Gasteiger partial charge in [0, 0.05) is 23.2 Å². The van der Waals surface area contributed by atoms with Crippen molar-refractivity contribution in [1.82, 2.24) is 4.98 Å². The van der Waals surface area contributed by atoms with Gasteiger partial charge in [-0.3, -0.25) is 15.1 Å². The lowest BCUT2D eigenvalue weighted by Gasteiger charge is -2.14. The number of anilines is 1. The average molecular weight is 351 g/mol. The fourth-order valence-corrected chi connectivity index (χ4v) is 2.86. The standard InChI is InChI=1S/C19H17N3O4/c1-12-15-8-3-4-9-16(15)21-17(18(12)19(23)26-2)11-20-13-6-5-7-14(10-13)22(24)25/h3-10,20H,11H2,1-2H3. The Morgan fingerprint density at radius 3 is 2.73 bits per heavy atom. The van der Waals surface area contributed by atoms with Gasteiger partial charge in [-0.05, 0) is 24.6 Å². The number of nitro groups is 1. The van der Waals surface area contributed by atoms with Crippen LogP contribution in [0.15, 0.2) is 48.5 Å². The molecule has 1 N–H and O–H groups in total. The molecule has 0 fully saturated rings. The summed E-state index contributed by atoms with van der Waals surface area (Å²) in [4.78, 5) is 27.3. The number of benzene rings is 2. The van der Waals surface area contributed by atoms with E-state index in [0.29, 0.717) is 16.9 Å². The Labute approximate surface area is 149 Å². The number of methoxy groups -OCH3 is 1. The zero-order chi connectivity index (χ0) is 18.7. The van der Waals surface area contributed by atoms with Crippen molar-refractivity contribution < 1.29 is 14.5 Å². The normalized spacial score (nSPS) is 10.5. The number of nitrogens with zero attached hydrogens (tertiary/aromatic N) is 2. The van der Waals surface area contributed by atoms with Crippen LogP contribution in [-0.4, -0.2) is 23.0 Å². The molecule has 7 heteroatoms. The van der Waals surface area contributed by atoms with E-state index < -0.39 is 10.9 Å². The quantitative estimate of drug-likeness (QED) is 0.426. The molecular formula is C19H17N3O4. The molecule has 0 saturated carbocycles. The Balaban J connectivity index is 2.00. The third-order valence-electron chi connectivity index (χ3n) is 4.13. The first kappa shape index (κ1) is 17.3. The number of nitro benzene ring substituents is 1. The highest BCUT2D eigenvalue weighted by molar-refractivity contribution is 5.98. The number of esters is 1. The van der Waals surface area contributed by atoms with Gasteiger partial charge in [0.1, 0.15) is 0 Å². The molecule has 132 valence electrons. The van der Waals surface area contributed by atoms with E-state index in [1.807, 2.05) is 31.2 Å². The maximum absolute atomic E-state index is 12.3. The maximum Gasteiger partial charge on any atom is 0.340 e. The Morgan fingerprint density at radius 1 is 1.23 bits per heavy atom. The van der Waals surface area contributed by atoms with Crippen LogP contribution in [0, 0.1) is 17.0 Å². The van der Waals surface area contributed by atoms with Crippen LogP contribution >= 0.6 is 0 Å². The number of hydrogen-bond donors (Lipinski definition) is 1. The second-order valence-electron chi connectivity index (χ2n) is 5.73. The summed E-state index contributed by atoms with van der Waals surface area (Å²) in [5, 5.41) is 14.9. The summed E-state index contributed by atoms with van der Waals surface area (Å²) in [6.45, 7) is 2.09. The zero-order valence-corrected chi connectivity index (χ0v) is 14.4. The molecule has 0 atom stereocenters. The van der Waals surface area contributed by atoms with Crippen molar-refractivity contribution in [2.24, 2.45) is 0 Å². The molecule has 0 aliphatic carbocycles. The molecular weight excluding hydrogens is 334 g/mol. The molecule has 0 unspecified atom stereocenters. The lowest BCUT2D eigenvalue weighted by atomic mass is 10.0. The van der Waals surface area contributed by atoms with E-state index in [1.54, 1.807) is 12.1 Å².